The Balaban J connectivity index is 0.00000199. The fourth-order valence-corrected chi connectivity index (χ4v) is 2.71. The quantitative estimate of drug-likeness (QED) is 0.445. The summed E-state index contributed by atoms with van der Waals surface area (Å²) in [4.78, 5) is 21.4. The molecule has 0 unspecified atom stereocenters. The van der Waals surface area contributed by atoms with Crippen molar-refractivity contribution in [2.45, 2.75) is 65.8 Å². The Morgan fingerprint density at radius 3 is 2.24 bits per heavy atom. The molecule has 0 spiro atoms. The van der Waals surface area contributed by atoms with E-state index in [-0.39, 0.29) is 35.2 Å². The molecule has 3 heterocycles. The highest BCUT2D eigenvalue weighted by Crippen LogP contribution is 2.28. The van der Waals surface area contributed by atoms with E-state index in [1.54, 1.807) is 38.2 Å². The summed E-state index contributed by atoms with van der Waals surface area (Å²) in [6.07, 6.45) is 1.58. The minimum atomic E-state index is -3.09. The van der Waals surface area contributed by atoms with Crippen LogP contribution in [0.3, 0.4) is 0 Å². The first-order chi connectivity index (χ1) is 16.0. The third-order valence-electron chi connectivity index (χ3n) is 4.42. The number of alkyl halides is 2. The van der Waals surface area contributed by atoms with Gasteiger partial charge in [-0.15, -0.1) is 0 Å². The Bertz CT molecular complexity index is 1150. The van der Waals surface area contributed by atoms with Crippen molar-refractivity contribution in [2.75, 3.05) is 10.6 Å². The van der Waals surface area contributed by atoms with Gasteiger partial charge in [-0.1, -0.05) is 19.9 Å². The highest BCUT2D eigenvalue weighted by atomic mass is 19.3. The van der Waals surface area contributed by atoms with Crippen LogP contribution in [0.4, 0.5) is 26.4 Å². The molecule has 3 rings (SSSR count). The van der Waals surface area contributed by atoms with E-state index in [1.807, 2.05) is 27.7 Å². The molecule has 0 radical (unpaired) electrons. The molecule has 0 amide bonds. The van der Waals surface area contributed by atoms with Crippen molar-refractivity contribution in [2.24, 2.45) is 0 Å². The minimum Gasteiger partial charge on any atom is -0.352 e. The average Bonchev–Trinajstić information content (AvgIpc) is 2.79. The molecule has 3 aromatic rings. The van der Waals surface area contributed by atoms with Crippen LogP contribution in [0.1, 0.15) is 59.9 Å². The highest BCUT2D eigenvalue weighted by molar-refractivity contribution is 5.59. The molecule has 0 aliphatic heterocycles. The van der Waals surface area contributed by atoms with Crippen molar-refractivity contribution in [3.63, 3.8) is 0 Å². The molecule has 0 atom stereocenters. The molecule has 3 aromatic heterocycles. The lowest BCUT2D eigenvalue weighted by Gasteiger charge is -2.16. The Morgan fingerprint density at radius 2 is 1.62 bits per heavy atom. The molecular weight excluding hydrogens is 438 g/mol. The molecule has 8 nitrogen and oxygen atoms in total. The van der Waals surface area contributed by atoms with Crippen LogP contribution in [0.2, 0.25) is 0 Å². The van der Waals surface area contributed by atoms with Gasteiger partial charge in [-0.05, 0) is 52.0 Å². The van der Waals surface area contributed by atoms with Crippen LogP contribution in [0.25, 0.3) is 11.5 Å². The van der Waals surface area contributed by atoms with Crippen LogP contribution in [0, 0.1) is 11.3 Å². The SMILES string of the molecule is CC.CC(C)Nc1nc(Nc2ccnc(C(C)(C)C#N)c2)nc(-c2cccc(C(C)(F)F)n2)n1. The predicted molar refractivity (Wildman–Crippen MR) is 129 cm³/mol. The summed E-state index contributed by atoms with van der Waals surface area (Å²) in [5, 5.41) is 15.6. The first-order valence-corrected chi connectivity index (χ1v) is 11.0. The number of nitriles is 1. The first-order valence-electron chi connectivity index (χ1n) is 11.0. The number of anilines is 3. The van der Waals surface area contributed by atoms with Gasteiger partial charge in [-0.2, -0.15) is 29.0 Å². The van der Waals surface area contributed by atoms with Crippen molar-refractivity contribution in [1.29, 1.82) is 5.26 Å². The van der Waals surface area contributed by atoms with Gasteiger partial charge in [0.2, 0.25) is 11.9 Å². The molecule has 0 aliphatic carbocycles. The van der Waals surface area contributed by atoms with E-state index in [0.29, 0.717) is 11.4 Å². The monoisotopic (exact) mass is 468 g/mol. The Labute approximate surface area is 198 Å². The van der Waals surface area contributed by atoms with Gasteiger partial charge in [0.05, 0.1) is 17.2 Å². The second kappa shape index (κ2) is 10.9. The molecule has 0 saturated heterocycles. The molecule has 0 fully saturated rings. The number of nitrogens with one attached hydrogen (secondary N) is 2. The van der Waals surface area contributed by atoms with Gasteiger partial charge in [-0.25, -0.2) is 4.98 Å². The summed E-state index contributed by atoms with van der Waals surface area (Å²) in [6, 6.07) is 10.0. The number of pyridine rings is 2. The predicted octanol–water partition coefficient (Wildman–Crippen LogP) is 5.83. The second-order valence-electron chi connectivity index (χ2n) is 8.19. The molecule has 0 saturated carbocycles. The molecular formula is C24H30F2N8. The molecule has 180 valence electrons. The Hall–Kier alpha value is -3.74. The number of nitrogens with zero attached hydrogens (tertiary/aromatic N) is 6. The first kappa shape index (κ1) is 26.5. The van der Waals surface area contributed by atoms with Crippen molar-refractivity contribution in [1.82, 2.24) is 24.9 Å². The van der Waals surface area contributed by atoms with E-state index in [0.717, 1.165) is 6.92 Å². The maximum Gasteiger partial charge on any atom is 0.286 e. The summed E-state index contributed by atoms with van der Waals surface area (Å²) in [6.45, 7) is 12.2. The van der Waals surface area contributed by atoms with Gasteiger partial charge >= 0.3 is 0 Å². The van der Waals surface area contributed by atoms with Gasteiger partial charge < -0.3 is 10.6 Å². The van der Waals surface area contributed by atoms with Crippen molar-refractivity contribution in [3.8, 4) is 17.6 Å². The molecule has 10 heteroatoms. The van der Waals surface area contributed by atoms with Gasteiger partial charge in [0.1, 0.15) is 11.4 Å². The molecule has 0 aliphatic rings. The van der Waals surface area contributed by atoms with Gasteiger partial charge in [0.15, 0.2) is 5.82 Å². The smallest absolute Gasteiger partial charge is 0.286 e. The highest BCUT2D eigenvalue weighted by Gasteiger charge is 2.27. The average molecular weight is 469 g/mol. The molecule has 0 bridgehead atoms. The van der Waals surface area contributed by atoms with E-state index >= 15 is 0 Å². The Morgan fingerprint density at radius 1 is 0.941 bits per heavy atom. The van der Waals surface area contributed by atoms with Crippen LogP contribution in [0.5, 0.6) is 0 Å². The second-order valence-corrected chi connectivity index (χ2v) is 8.19. The van der Waals surface area contributed by atoms with Crippen LogP contribution in [0.15, 0.2) is 36.5 Å². The third kappa shape index (κ3) is 6.88. The minimum absolute atomic E-state index is 0.0290. The van der Waals surface area contributed by atoms with Crippen molar-refractivity contribution >= 4 is 17.6 Å². The van der Waals surface area contributed by atoms with E-state index in [2.05, 4.69) is 41.6 Å². The lowest BCUT2D eigenvalue weighted by molar-refractivity contribution is 0.0129. The number of aromatic nitrogens is 5. The summed E-state index contributed by atoms with van der Waals surface area (Å²) in [7, 11) is 0. The lowest BCUT2D eigenvalue weighted by Crippen LogP contribution is -2.16. The maximum absolute atomic E-state index is 13.8. The fourth-order valence-electron chi connectivity index (χ4n) is 2.71. The van der Waals surface area contributed by atoms with Gasteiger partial charge in [0, 0.05) is 24.8 Å². The summed E-state index contributed by atoms with van der Waals surface area (Å²) >= 11 is 0. The summed E-state index contributed by atoms with van der Waals surface area (Å²) in [5.74, 6) is -2.48. The number of rotatable bonds is 7. The zero-order chi connectivity index (χ0) is 25.5. The maximum atomic E-state index is 13.8. The molecule has 34 heavy (non-hydrogen) atoms. The molecule has 2 N–H and O–H groups in total. The summed E-state index contributed by atoms with van der Waals surface area (Å²) in [5.41, 5.74) is 0.248. The van der Waals surface area contributed by atoms with Gasteiger partial charge in [0.25, 0.3) is 5.92 Å². The van der Waals surface area contributed by atoms with E-state index in [9.17, 15) is 14.0 Å². The van der Waals surface area contributed by atoms with Crippen molar-refractivity contribution < 1.29 is 8.78 Å². The fraction of sp³-hybridized carbons (Fsp3) is 0.417. The Kier molecular flexibility index (Phi) is 8.51. The van der Waals surface area contributed by atoms with Crippen LogP contribution in [-0.2, 0) is 11.3 Å². The zero-order valence-electron chi connectivity index (χ0n) is 20.5. The van der Waals surface area contributed by atoms with Crippen LogP contribution < -0.4 is 10.6 Å². The van der Waals surface area contributed by atoms with Crippen LogP contribution >= 0.6 is 0 Å². The number of halogens is 2. The van der Waals surface area contributed by atoms with E-state index < -0.39 is 11.3 Å². The largest absolute Gasteiger partial charge is 0.352 e. The third-order valence-corrected chi connectivity index (χ3v) is 4.42. The summed E-state index contributed by atoms with van der Waals surface area (Å²) < 4.78 is 27.5. The normalized spacial score (nSPS) is 11.3. The van der Waals surface area contributed by atoms with Crippen LogP contribution in [-0.4, -0.2) is 31.0 Å². The molecule has 0 aromatic carbocycles. The van der Waals surface area contributed by atoms with Crippen molar-refractivity contribution in [3.05, 3.63) is 47.9 Å². The standard InChI is InChI=1S/C22H24F2N8.C2H6/c1-13(2)27-19-30-18(15-7-6-8-16(29-15)22(5,23)24)31-20(32-19)28-14-9-10-26-17(11-14)21(3,4)12-25;1-2/h6-11,13H,1-5H3,(H2,26,27,28,30,31,32);1-2H3. The topological polar surface area (TPSA) is 112 Å². The number of hydrogen-bond donors (Lipinski definition) is 2. The lowest BCUT2D eigenvalue weighted by atomic mass is 9.91. The van der Waals surface area contributed by atoms with Gasteiger partial charge in [-0.3, -0.25) is 4.98 Å². The van der Waals surface area contributed by atoms with E-state index in [1.165, 1.54) is 12.1 Å². The zero-order valence-corrected chi connectivity index (χ0v) is 20.5. The van der Waals surface area contributed by atoms with E-state index in [4.69, 9.17) is 0 Å². The number of hydrogen-bond acceptors (Lipinski definition) is 8.